The van der Waals surface area contributed by atoms with E-state index in [0.717, 1.165) is 25.5 Å². The molecule has 0 aliphatic carbocycles. The molecule has 0 amide bonds. The first kappa shape index (κ1) is 17.6. The molecule has 0 aromatic heterocycles. The Morgan fingerprint density at radius 3 is 2.59 bits per heavy atom. The first-order valence-corrected chi connectivity index (χ1v) is 8.95. The van der Waals surface area contributed by atoms with Gasteiger partial charge in [-0.15, -0.1) is 0 Å². The number of benzene rings is 2. The summed E-state index contributed by atoms with van der Waals surface area (Å²) in [6.45, 7) is 1.41. The molecule has 1 saturated heterocycles. The quantitative estimate of drug-likeness (QED) is 0.735. The van der Waals surface area contributed by atoms with Crippen LogP contribution in [0.3, 0.4) is 0 Å². The number of aliphatic imine (C=N–C) groups is 1. The average Bonchev–Trinajstić information content (AvgIpc) is 2.68. The maximum atomic E-state index is 13.6. The topological polar surface area (TPSA) is 54.6 Å². The van der Waals surface area contributed by atoms with Gasteiger partial charge in [0.25, 0.3) is 0 Å². The fraction of sp³-hybridized carbons (Fsp3) is 0.333. The molecule has 2 aromatic rings. The van der Waals surface area contributed by atoms with Crippen LogP contribution >= 0.6 is 0 Å². The minimum absolute atomic E-state index is 0.0950. The van der Waals surface area contributed by atoms with E-state index < -0.39 is 11.6 Å². The predicted molar refractivity (Wildman–Crippen MR) is 96.5 cm³/mol. The van der Waals surface area contributed by atoms with Crippen molar-refractivity contribution in [2.45, 2.75) is 25.4 Å². The van der Waals surface area contributed by atoms with Gasteiger partial charge in [-0.25, -0.2) is 8.78 Å². The standard InChI is InChI=1S/C21H18F2N2O2/c22-16-6-15(7-17(23)9-16)13-3-4-20-18(8-13)19(25-12-24)10-21(27-20)14-2-1-5-26-11-14/h3-4,6-9,14,21H,1-2,5,10-11H2/t14-,21+/m1/s1. The molecule has 0 spiro atoms. The van der Waals surface area contributed by atoms with Gasteiger partial charge in [-0.2, -0.15) is 10.3 Å². The van der Waals surface area contributed by atoms with Crippen LogP contribution < -0.4 is 4.74 Å². The van der Waals surface area contributed by atoms with Crippen molar-refractivity contribution in [2.75, 3.05) is 13.2 Å². The lowest BCUT2D eigenvalue weighted by Crippen LogP contribution is -2.38. The first-order chi connectivity index (χ1) is 13.1. The molecule has 2 aromatic carbocycles. The van der Waals surface area contributed by atoms with Gasteiger partial charge < -0.3 is 9.47 Å². The average molecular weight is 368 g/mol. The highest BCUT2D eigenvalue weighted by Gasteiger charge is 2.32. The highest BCUT2D eigenvalue weighted by Crippen LogP contribution is 2.36. The summed E-state index contributed by atoms with van der Waals surface area (Å²) in [7, 11) is 0. The molecule has 0 bridgehead atoms. The Morgan fingerprint density at radius 1 is 1.07 bits per heavy atom. The van der Waals surface area contributed by atoms with Gasteiger partial charge >= 0.3 is 0 Å². The molecule has 27 heavy (non-hydrogen) atoms. The van der Waals surface area contributed by atoms with Gasteiger partial charge in [-0.3, -0.25) is 0 Å². The van der Waals surface area contributed by atoms with E-state index in [2.05, 4.69) is 4.99 Å². The summed E-state index contributed by atoms with van der Waals surface area (Å²) in [5.74, 6) is -0.385. The minimum Gasteiger partial charge on any atom is -0.489 e. The summed E-state index contributed by atoms with van der Waals surface area (Å²) in [5.41, 5.74) is 2.38. The Kier molecular flexibility index (Phi) is 4.87. The number of rotatable bonds is 2. The van der Waals surface area contributed by atoms with Gasteiger partial charge in [0.2, 0.25) is 6.19 Å². The van der Waals surface area contributed by atoms with Gasteiger partial charge in [0.1, 0.15) is 23.5 Å². The van der Waals surface area contributed by atoms with E-state index in [1.54, 1.807) is 18.2 Å². The van der Waals surface area contributed by atoms with Crippen LogP contribution in [0.5, 0.6) is 5.75 Å². The Morgan fingerprint density at radius 2 is 1.89 bits per heavy atom. The van der Waals surface area contributed by atoms with Gasteiger partial charge in [0.05, 0.1) is 12.3 Å². The highest BCUT2D eigenvalue weighted by atomic mass is 19.1. The second-order valence-corrected chi connectivity index (χ2v) is 6.87. The summed E-state index contributed by atoms with van der Waals surface area (Å²) in [6.07, 6.45) is 4.28. The van der Waals surface area contributed by atoms with E-state index in [4.69, 9.17) is 14.7 Å². The van der Waals surface area contributed by atoms with Crippen LogP contribution in [0.15, 0.2) is 41.4 Å². The van der Waals surface area contributed by atoms with Crippen LogP contribution in [0.1, 0.15) is 24.8 Å². The monoisotopic (exact) mass is 368 g/mol. The summed E-state index contributed by atoms with van der Waals surface area (Å²) in [4.78, 5) is 3.99. The Hall–Kier alpha value is -2.78. The fourth-order valence-corrected chi connectivity index (χ4v) is 3.75. The number of hydrogen-bond acceptors (Lipinski definition) is 4. The van der Waals surface area contributed by atoms with Crippen LogP contribution in [-0.2, 0) is 4.74 Å². The Labute approximate surface area is 156 Å². The van der Waals surface area contributed by atoms with Crippen LogP contribution in [0.2, 0.25) is 0 Å². The van der Waals surface area contributed by atoms with Crippen LogP contribution in [0.4, 0.5) is 8.78 Å². The molecule has 0 saturated carbocycles. The maximum absolute atomic E-state index is 13.6. The van der Waals surface area contributed by atoms with E-state index in [0.29, 0.717) is 41.2 Å². The number of fused-ring (bicyclic) bond motifs is 1. The van der Waals surface area contributed by atoms with Crippen molar-refractivity contribution < 1.29 is 18.3 Å². The number of hydrogen-bond donors (Lipinski definition) is 0. The van der Waals surface area contributed by atoms with Crippen LogP contribution in [-0.4, -0.2) is 25.0 Å². The normalized spacial score (nSPS) is 23.4. The number of halogens is 2. The SMILES string of the molecule is N#CN=C1C[C@@H]([C@@H]2CCCOC2)Oc2ccc(-c3cc(F)cc(F)c3)cc21. The van der Waals surface area contributed by atoms with Crippen molar-refractivity contribution >= 4 is 5.71 Å². The second-order valence-electron chi connectivity index (χ2n) is 6.87. The van der Waals surface area contributed by atoms with Gasteiger partial charge in [-0.05, 0) is 48.2 Å². The van der Waals surface area contributed by atoms with Crippen LogP contribution in [0.25, 0.3) is 11.1 Å². The van der Waals surface area contributed by atoms with E-state index in [9.17, 15) is 8.78 Å². The molecule has 1 fully saturated rings. The largest absolute Gasteiger partial charge is 0.489 e. The lowest BCUT2D eigenvalue weighted by molar-refractivity contribution is 0.00175. The van der Waals surface area contributed by atoms with Crippen molar-refractivity contribution in [1.82, 2.24) is 0 Å². The van der Waals surface area contributed by atoms with Gasteiger partial charge in [0.15, 0.2) is 0 Å². The Bertz CT molecular complexity index is 910. The molecule has 6 heteroatoms. The van der Waals surface area contributed by atoms with Gasteiger partial charge in [-0.1, -0.05) is 6.07 Å². The molecule has 138 valence electrons. The molecule has 2 aliphatic heterocycles. The molecule has 2 heterocycles. The Balaban J connectivity index is 1.70. The second kappa shape index (κ2) is 7.45. The zero-order valence-corrected chi connectivity index (χ0v) is 14.6. The smallest absolute Gasteiger partial charge is 0.205 e. The zero-order valence-electron chi connectivity index (χ0n) is 14.6. The molecule has 0 radical (unpaired) electrons. The van der Waals surface area contributed by atoms with Crippen LogP contribution in [0, 0.1) is 29.0 Å². The van der Waals surface area contributed by atoms with E-state index in [1.807, 2.05) is 6.19 Å². The summed E-state index contributed by atoms with van der Waals surface area (Å²) < 4.78 is 38.9. The van der Waals surface area contributed by atoms with E-state index in [-0.39, 0.29) is 12.0 Å². The fourth-order valence-electron chi connectivity index (χ4n) is 3.75. The molecule has 0 N–H and O–H groups in total. The van der Waals surface area contributed by atoms with Crippen molar-refractivity contribution in [1.29, 1.82) is 5.26 Å². The zero-order chi connectivity index (χ0) is 18.8. The summed E-state index contributed by atoms with van der Waals surface area (Å²) >= 11 is 0. The van der Waals surface area contributed by atoms with Crippen molar-refractivity contribution in [3.8, 4) is 23.1 Å². The highest BCUT2D eigenvalue weighted by molar-refractivity contribution is 6.05. The molecule has 2 aliphatic rings. The third kappa shape index (κ3) is 3.69. The molecular formula is C21H18F2N2O2. The van der Waals surface area contributed by atoms with Gasteiger partial charge in [0, 0.05) is 30.6 Å². The summed E-state index contributed by atoms with van der Waals surface area (Å²) in [6, 6.07) is 8.69. The van der Waals surface area contributed by atoms with Crippen molar-refractivity contribution in [2.24, 2.45) is 10.9 Å². The molecule has 4 rings (SSSR count). The maximum Gasteiger partial charge on any atom is 0.205 e. The lowest BCUT2D eigenvalue weighted by atomic mass is 9.87. The number of nitrogens with zero attached hydrogens (tertiary/aromatic N) is 2. The third-order valence-electron chi connectivity index (χ3n) is 5.07. The molecule has 2 atom stereocenters. The summed E-state index contributed by atoms with van der Waals surface area (Å²) in [5, 5.41) is 9.10. The first-order valence-electron chi connectivity index (χ1n) is 8.95. The van der Waals surface area contributed by atoms with E-state index in [1.165, 1.54) is 12.1 Å². The number of nitriles is 1. The lowest BCUT2D eigenvalue weighted by Gasteiger charge is -2.34. The van der Waals surface area contributed by atoms with Crippen molar-refractivity contribution in [3.05, 3.63) is 53.6 Å². The molecular weight excluding hydrogens is 350 g/mol. The minimum atomic E-state index is -0.637. The molecule has 4 nitrogen and oxygen atoms in total. The van der Waals surface area contributed by atoms with Crippen molar-refractivity contribution in [3.63, 3.8) is 0 Å². The van der Waals surface area contributed by atoms with E-state index >= 15 is 0 Å². The third-order valence-corrected chi connectivity index (χ3v) is 5.07. The predicted octanol–water partition coefficient (Wildman–Crippen LogP) is 4.48. The molecule has 0 unspecified atom stereocenters. The number of ether oxygens (including phenoxy) is 2.